The first kappa shape index (κ1) is 21.1. The van der Waals surface area contributed by atoms with Crippen LogP contribution in [0, 0.1) is 0 Å². The molecule has 0 fully saturated rings. The molecule has 1 aliphatic heterocycles. The van der Waals surface area contributed by atoms with Gasteiger partial charge in [-0.15, -0.1) is 0 Å². The van der Waals surface area contributed by atoms with Gasteiger partial charge in [0.2, 0.25) is 15.9 Å². The first-order chi connectivity index (χ1) is 14.0. The van der Waals surface area contributed by atoms with Crippen molar-refractivity contribution in [2.45, 2.75) is 37.5 Å². The Morgan fingerprint density at radius 2 is 1.76 bits per heavy atom. The number of carbonyl (C=O) groups excluding carboxylic acids is 1. The molecule has 3 rings (SSSR count). The molecular weight excluding hydrogens is 392 g/mol. The molecule has 0 bridgehead atoms. The third kappa shape index (κ3) is 5.95. The molecule has 1 aliphatic rings. The molecule has 0 atom stereocenters. The summed E-state index contributed by atoms with van der Waals surface area (Å²) in [6, 6.07) is 12.2. The number of fused-ring (bicyclic) bond motifs is 1. The van der Waals surface area contributed by atoms with Crippen molar-refractivity contribution in [1.29, 1.82) is 0 Å². The minimum atomic E-state index is -3.75. The monoisotopic (exact) mass is 418 g/mol. The molecule has 0 spiro atoms. The molecule has 0 radical (unpaired) electrons. The molecule has 2 aromatic rings. The zero-order chi connectivity index (χ0) is 20.7. The molecule has 8 heteroatoms. The smallest absolute Gasteiger partial charge is 0.240 e. The van der Waals surface area contributed by atoms with Crippen LogP contribution in [-0.4, -0.2) is 34.1 Å². The lowest BCUT2D eigenvalue weighted by molar-refractivity contribution is -0.116. The van der Waals surface area contributed by atoms with Gasteiger partial charge in [0.1, 0.15) is 0 Å². The summed E-state index contributed by atoms with van der Waals surface area (Å²) in [7, 11) is -3.75. The highest BCUT2D eigenvalue weighted by atomic mass is 32.2. The first-order valence-electron chi connectivity index (χ1n) is 9.76. The minimum Gasteiger partial charge on any atom is -0.490 e. The molecule has 0 aliphatic carbocycles. The zero-order valence-corrected chi connectivity index (χ0v) is 17.3. The summed E-state index contributed by atoms with van der Waals surface area (Å²) >= 11 is 0. The number of aryl methyl sites for hydroxylation is 1. The summed E-state index contributed by atoms with van der Waals surface area (Å²) < 4.78 is 38.5. The van der Waals surface area contributed by atoms with E-state index < -0.39 is 10.0 Å². The second-order valence-corrected chi connectivity index (χ2v) is 8.57. The van der Waals surface area contributed by atoms with E-state index in [4.69, 9.17) is 9.47 Å². The number of rotatable bonds is 8. The lowest BCUT2D eigenvalue weighted by Crippen LogP contribution is -2.27. The van der Waals surface area contributed by atoms with Crippen LogP contribution < -0.4 is 19.5 Å². The van der Waals surface area contributed by atoms with Gasteiger partial charge in [0.05, 0.1) is 18.1 Å². The number of benzene rings is 2. The quantitative estimate of drug-likeness (QED) is 0.687. The van der Waals surface area contributed by atoms with Crippen LogP contribution in [0.25, 0.3) is 0 Å². The van der Waals surface area contributed by atoms with E-state index in [0.29, 0.717) is 30.4 Å². The highest BCUT2D eigenvalue weighted by molar-refractivity contribution is 7.89. The molecular formula is C21H26N2O5S. The Morgan fingerprint density at radius 1 is 1.03 bits per heavy atom. The number of nitrogens with one attached hydrogen (secondary N) is 2. The predicted octanol–water partition coefficient (Wildman–Crippen LogP) is 3.11. The summed E-state index contributed by atoms with van der Waals surface area (Å²) in [4.78, 5) is 12.2. The van der Waals surface area contributed by atoms with Crippen LogP contribution in [0.3, 0.4) is 0 Å². The highest BCUT2D eigenvalue weighted by Gasteiger charge is 2.19. The Labute approximate surface area is 171 Å². The normalized spacial score (nSPS) is 13.6. The maximum Gasteiger partial charge on any atom is 0.240 e. The Kier molecular flexibility index (Phi) is 7.11. The van der Waals surface area contributed by atoms with Crippen LogP contribution in [0.1, 0.15) is 31.7 Å². The lowest BCUT2D eigenvalue weighted by atomic mass is 10.1. The average Bonchev–Trinajstić information content (AvgIpc) is 2.94. The molecule has 156 valence electrons. The number of carbonyl (C=O) groups is 1. The lowest BCUT2D eigenvalue weighted by Gasteiger charge is -2.11. The molecule has 2 N–H and O–H groups in total. The molecule has 1 amide bonds. The van der Waals surface area contributed by atoms with E-state index in [2.05, 4.69) is 17.0 Å². The standard InChI is InChI=1S/C21H26N2O5S/c1-2-4-16-5-7-17(8-6-16)23-21(24)11-12-22-29(25,26)18-9-10-19-20(15-18)28-14-3-13-27-19/h5-10,15,22H,2-4,11-14H2,1H3,(H,23,24). The van der Waals surface area contributed by atoms with E-state index in [-0.39, 0.29) is 23.8 Å². The Hall–Kier alpha value is -2.58. The van der Waals surface area contributed by atoms with E-state index in [1.165, 1.54) is 17.7 Å². The summed E-state index contributed by atoms with van der Waals surface area (Å²) in [5.74, 6) is 0.690. The van der Waals surface area contributed by atoms with E-state index in [1.807, 2.05) is 24.3 Å². The van der Waals surface area contributed by atoms with Gasteiger partial charge in [-0.25, -0.2) is 13.1 Å². The second-order valence-electron chi connectivity index (χ2n) is 6.80. The number of ether oxygens (including phenoxy) is 2. The van der Waals surface area contributed by atoms with Crippen LogP contribution in [0.5, 0.6) is 11.5 Å². The van der Waals surface area contributed by atoms with Gasteiger partial charge in [0.25, 0.3) is 0 Å². The largest absolute Gasteiger partial charge is 0.490 e. The number of amides is 1. The first-order valence-corrected chi connectivity index (χ1v) is 11.2. The molecule has 7 nitrogen and oxygen atoms in total. The molecule has 1 heterocycles. The fraction of sp³-hybridized carbons (Fsp3) is 0.381. The van der Waals surface area contributed by atoms with Gasteiger partial charge in [-0.3, -0.25) is 4.79 Å². The van der Waals surface area contributed by atoms with Crippen molar-refractivity contribution in [1.82, 2.24) is 4.72 Å². The van der Waals surface area contributed by atoms with Gasteiger partial charge in [0.15, 0.2) is 11.5 Å². The number of hydrogen-bond donors (Lipinski definition) is 2. The number of sulfonamides is 1. The third-order valence-corrected chi connectivity index (χ3v) is 5.91. The van der Waals surface area contributed by atoms with Gasteiger partial charge in [-0.2, -0.15) is 0 Å². The Balaban J connectivity index is 1.52. The third-order valence-electron chi connectivity index (χ3n) is 4.45. The van der Waals surface area contributed by atoms with Gasteiger partial charge >= 0.3 is 0 Å². The van der Waals surface area contributed by atoms with Gasteiger partial charge < -0.3 is 14.8 Å². The SMILES string of the molecule is CCCc1ccc(NC(=O)CCNS(=O)(=O)c2ccc3c(c2)OCCCO3)cc1. The number of hydrogen-bond acceptors (Lipinski definition) is 5. The maximum atomic E-state index is 12.5. The van der Waals surface area contributed by atoms with Crippen molar-refractivity contribution in [3.63, 3.8) is 0 Å². The molecule has 29 heavy (non-hydrogen) atoms. The van der Waals surface area contributed by atoms with Gasteiger partial charge in [0, 0.05) is 31.1 Å². The van der Waals surface area contributed by atoms with E-state index in [1.54, 1.807) is 6.07 Å². The molecule has 0 saturated heterocycles. The maximum absolute atomic E-state index is 12.5. The van der Waals surface area contributed by atoms with Crippen molar-refractivity contribution < 1.29 is 22.7 Å². The molecule has 0 saturated carbocycles. The summed E-state index contributed by atoms with van der Waals surface area (Å²) in [5, 5.41) is 2.77. The Bertz CT molecular complexity index is 942. The molecule has 0 aromatic heterocycles. The Morgan fingerprint density at radius 3 is 2.48 bits per heavy atom. The van der Waals surface area contributed by atoms with Crippen molar-refractivity contribution in [3.8, 4) is 11.5 Å². The van der Waals surface area contributed by atoms with Crippen molar-refractivity contribution in [2.24, 2.45) is 0 Å². The fourth-order valence-electron chi connectivity index (χ4n) is 2.96. The number of anilines is 1. The average molecular weight is 419 g/mol. The van der Waals surface area contributed by atoms with Crippen LogP contribution in [0.4, 0.5) is 5.69 Å². The highest BCUT2D eigenvalue weighted by Crippen LogP contribution is 2.31. The van der Waals surface area contributed by atoms with Gasteiger partial charge in [-0.05, 0) is 36.2 Å². The summed E-state index contributed by atoms with van der Waals surface area (Å²) in [5.41, 5.74) is 1.91. The van der Waals surface area contributed by atoms with E-state index in [0.717, 1.165) is 19.3 Å². The van der Waals surface area contributed by atoms with Crippen molar-refractivity contribution >= 4 is 21.6 Å². The van der Waals surface area contributed by atoms with Crippen LogP contribution in [0.2, 0.25) is 0 Å². The fourth-order valence-corrected chi connectivity index (χ4v) is 4.01. The topological polar surface area (TPSA) is 93.7 Å². The van der Waals surface area contributed by atoms with E-state index in [9.17, 15) is 13.2 Å². The minimum absolute atomic E-state index is 0.00345. The summed E-state index contributed by atoms with van der Waals surface area (Å²) in [6.45, 7) is 3.12. The second kappa shape index (κ2) is 9.76. The van der Waals surface area contributed by atoms with Crippen LogP contribution in [0.15, 0.2) is 47.4 Å². The zero-order valence-electron chi connectivity index (χ0n) is 16.4. The van der Waals surface area contributed by atoms with Crippen molar-refractivity contribution in [2.75, 3.05) is 25.1 Å². The predicted molar refractivity (Wildman–Crippen MR) is 111 cm³/mol. The van der Waals surface area contributed by atoms with Crippen molar-refractivity contribution in [3.05, 3.63) is 48.0 Å². The van der Waals surface area contributed by atoms with Crippen LogP contribution in [-0.2, 0) is 21.2 Å². The van der Waals surface area contributed by atoms with E-state index >= 15 is 0 Å². The van der Waals surface area contributed by atoms with Gasteiger partial charge in [-0.1, -0.05) is 25.5 Å². The van der Waals surface area contributed by atoms with Crippen LogP contribution >= 0.6 is 0 Å². The summed E-state index contributed by atoms with van der Waals surface area (Å²) in [6.07, 6.45) is 2.83. The molecule has 0 unspecified atom stereocenters. The molecule has 2 aromatic carbocycles.